The molecule has 3 fully saturated rings. The number of nitrogens with one attached hydrogen (secondary N) is 1. The molecule has 1 N–H and O–H groups in total. The second kappa shape index (κ2) is 3.84. The van der Waals surface area contributed by atoms with Gasteiger partial charge in [0, 0.05) is 0 Å². The Labute approximate surface area is 87.7 Å². The Morgan fingerprint density at radius 1 is 0.714 bits per heavy atom. The van der Waals surface area contributed by atoms with Gasteiger partial charge in [0.1, 0.15) is 0 Å². The predicted molar refractivity (Wildman–Crippen MR) is 59.1 cm³/mol. The lowest BCUT2D eigenvalue weighted by Gasteiger charge is -2.46. The first-order chi connectivity index (χ1) is 6.93. The number of hydrogen-bond donors (Lipinski definition) is 1. The van der Waals surface area contributed by atoms with Crippen LogP contribution >= 0.6 is 0 Å². The third kappa shape index (κ3) is 1.60. The van der Waals surface area contributed by atoms with Crippen molar-refractivity contribution in [1.29, 1.82) is 0 Å². The van der Waals surface area contributed by atoms with Crippen LogP contribution in [-0.4, -0.2) is 13.1 Å². The van der Waals surface area contributed by atoms with Gasteiger partial charge in [-0.2, -0.15) is 0 Å². The number of piperidine rings is 1. The fourth-order valence-corrected chi connectivity index (χ4v) is 4.25. The summed E-state index contributed by atoms with van der Waals surface area (Å²) in [5.41, 5.74) is 0. The minimum Gasteiger partial charge on any atom is -0.316 e. The Morgan fingerprint density at radius 3 is 2.14 bits per heavy atom. The highest BCUT2D eigenvalue weighted by molar-refractivity contribution is 4.90. The fraction of sp³-hybridized carbons (Fsp3) is 1.00. The number of rotatable bonds is 0. The van der Waals surface area contributed by atoms with Gasteiger partial charge in [-0.1, -0.05) is 25.7 Å². The Balaban J connectivity index is 1.68. The summed E-state index contributed by atoms with van der Waals surface area (Å²) >= 11 is 0. The second-order valence-electron chi connectivity index (χ2n) is 5.79. The molecule has 1 nitrogen and oxygen atoms in total. The first kappa shape index (κ1) is 9.21. The van der Waals surface area contributed by atoms with Gasteiger partial charge in [-0.3, -0.25) is 0 Å². The molecule has 0 aromatic heterocycles. The summed E-state index contributed by atoms with van der Waals surface area (Å²) in [6.07, 6.45) is 10.8. The predicted octanol–water partition coefficient (Wildman–Crippen LogP) is 2.81. The van der Waals surface area contributed by atoms with E-state index in [1.165, 1.54) is 32.4 Å². The highest BCUT2D eigenvalue weighted by atomic mass is 14.9. The smallest absolute Gasteiger partial charge is 0.00178 e. The zero-order chi connectivity index (χ0) is 9.38. The van der Waals surface area contributed by atoms with Gasteiger partial charge in [0.25, 0.3) is 0 Å². The van der Waals surface area contributed by atoms with Crippen molar-refractivity contribution in [3.05, 3.63) is 0 Å². The molecule has 0 aromatic carbocycles. The first-order valence-corrected chi connectivity index (χ1v) is 6.64. The molecule has 2 saturated carbocycles. The molecule has 0 radical (unpaired) electrons. The molecule has 0 aromatic rings. The van der Waals surface area contributed by atoms with Crippen molar-refractivity contribution in [1.82, 2.24) is 5.32 Å². The minimum atomic E-state index is 1.04. The maximum absolute atomic E-state index is 3.58. The van der Waals surface area contributed by atoms with E-state index < -0.39 is 0 Å². The lowest BCUT2D eigenvalue weighted by molar-refractivity contribution is 0.0596. The molecule has 3 aliphatic rings. The maximum atomic E-state index is 3.58. The van der Waals surface area contributed by atoms with Gasteiger partial charge in [-0.15, -0.1) is 0 Å². The molecule has 14 heavy (non-hydrogen) atoms. The molecular weight excluding hydrogens is 170 g/mol. The molecule has 0 bridgehead atoms. The van der Waals surface area contributed by atoms with Crippen molar-refractivity contribution in [2.45, 2.75) is 44.9 Å². The zero-order valence-corrected chi connectivity index (χ0v) is 9.17. The van der Waals surface area contributed by atoms with Gasteiger partial charge in [0.05, 0.1) is 0 Å². The first-order valence-electron chi connectivity index (χ1n) is 6.64. The lowest BCUT2D eigenvalue weighted by Crippen LogP contribution is -2.43. The highest BCUT2D eigenvalue weighted by Gasteiger charge is 2.38. The molecule has 0 amide bonds. The van der Waals surface area contributed by atoms with Gasteiger partial charge >= 0.3 is 0 Å². The maximum Gasteiger partial charge on any atom is -0.00178 e. The largest absolute Gasteiger partial charge is 0.316 e. The van der Waals surface area contributed by atoms with Crippen LogP contribution in [0, 0.1) is 23.7 Å². The van der Waals surface area contributed by atoms with E-state index in [0.717, 1.165) is 23.7 Å². The molecule has 4 unspecified atom stereocenters. The van der Waals surface area contributed by atoms with Gasteiger partial charge < -0.3 is 5.32 Å². The van der Waals surface area contributed by atoms with Crippen LogP contribution in [0.25, 0.3) is 0 Å². The van der Waals surface area contributed by atoms with E-state index in [2.05, 4.69) is 5.32 Å². The second-order valence-corrected chi connectivity index (χ2v) is 5.79. The van der Waals surface area contributed by atoms with E-state index >= 15 is 0 Å². The van der Waals surface area contributed by atoms with Crippen LogP contribution in [0.2, 0.25) is 0 Å². The van der Waals surface area contributed by atoms with Crippen LogP contribution < -0.4 is 5.32 Å². The van der Waals surface area contributed by atoms with Crippen molar-refractivity contribution in [2.24, 2.45) is 23.7 Å². The monoisotopic (exact) mass is 193 g/mol. The minimum absolute atomic E-state index is 1.04. The average Bonchev–Trinajstić information content (AvgIpc) is 2.26. The summed E-state index contributed by atoms with van der Waals surface area (Å²) in [5, 5.41) is 3.58. The van der Waals surface area contributed by atoms with Crippen molar-refractivity contribution >= 4 is 0 Å². The van der Waals surface area contributed by atoms with E-state index in [0.29, 0.717) is 0 Å². The molecule has 3 rings (SSSR count). The van der Waals surface area contributed by atoms with E-state index in [1.807, 2.05) is 0 Å². The van der Waals surface area contributed by atoms with Gasteiger partial charge in [0.2, 0.25) is 0 Å². The number of fused-ring (bicyclic) bond motifs is 2. The van der Waals surface area contributed by atoms with Gasteiger partial charge in [-0.25, -0.2) is 0 Å². The van der Waals surface area contributed by atoms with Crippen LogP contribution in [0.4, 0.5) is 0 Å². The standard InChI is InChI=1S/C13H23N/c1-2-4-11-8-13-9-14-6-5-12(13)7-10(11)3-1/h10-14H,1-9H2. The van der Waals surface area contributed by atoms with Crippen molar-refractivity contribution in [3.63, 3.8) is 0 Å². The third-order valence-corrected chi connectivity index (χ3v) is 5.04. The summed E-state index contributed by atoms with van der Waals surface area (Å²) in [4.78, 5) is 0. The van der Waals surface area contributed by atoms with Crippen molar-refractivity contribution in [3.8, 4) is 0 Å². The van der Waals surface area contributed by atoms with Crippen LogP contribution in [0.15, 0.2) is 0 Å². The normalized spacial score (nSPS) is 48.0. The Hall–Kier alpha value is -0.0400. The third-order valence-electron chi connectivity index (χ3n) is 5.04. The highest BCUT2D eigenvalue weighted by Crippen LogP contribution is 2.46. The van der Waals surface area contributed by atoms with Crippen molar-refractivity contribution < 1.29 is 0 Å². The quantitative estimate of drug-likeness (QED) is 0.624. The summed E-state index contributed by atoms with van der Waals surface area (Å²) in [5.74, 6) is 4.38. The summed E-state index contributed by atoms with van der Waals surface area (Å²) in [6.45, 7) is 2.62. The molecule has 1 saturated heterocycles. The SMILES string of the molecule is C1CCC2CC3CNCCC3CC2C1. The van der Waals surface area contributed by atoms with E-state index in [-0.39, 0.29) is 0 Å². The molecule has 1 heteroatoms. The van der Waals surface area contributed by atoms with E-state index in [4.69, 9.17) is 0 Å². The van der Waals surface area contributed by atoms with Crippen LogP contribution in [0.1, 0.15) is 44.9 Å². The lowest BCUT2D eigenvalue weighted by atomic mass is 9.62. The average molecular weight is 193 g/mol. The summed E-state index contributed by atoms with van der Waals surface area (Å²) in [7, 11) is 0. The molecular formula is C13H23N. The Morgan fingerprint density at radius 2 is 1.36 bits per heavy atom. The van der Waals surface area contributed by atoms with Gasteiger partial charge in [0.15, 0.2) is 0 Å². The van der Waals surface area contributed by atoms with Crippen LogP contribution in [-0.2, 0) is 0 Å². The summed E-state index contributed by atoms with van der Waals surface area (Å²) < 4.78 is 0. The molecule has 2 aliphatic carbocycles. The topological polar surface area (TPSA) is 12.0 Å². The van der Waals surface area contributed by atoms with Crippen LogP contribution in [0.5, 0.6) is 0 Å². The molecule has 0 spiro atoms. The Kier molecular flexibility index (Phi) is 2.53. The van der Waals surface area contributed by atoms with Crippen LogP contribution in [0.3, 0.4) is 0 Å². The summed E-state index contributed by atoms with van der Waals surface area (Å²) in [6, 6.07) is 0. The van der Waals surface area contributed by atoms with Crippen molar-refractivity contribution in [2.75, 3.05) is 13.1 Å². The molecule has 1 heterocycles. The fourth-order valence-electron chi connectivity index (χ4n) is 4.25. The van der Waals surface area contributed by atoms with E-state index in [1.54, 1.807) is 25.7 Å². The van der Waals surface area contributed by atoms with Gasteiger partial charge in [-0.05, 0) is 56.0 Å². The number of hydrogen-bond acceptors (Lipinski definition) is 1. The molecule has 80 valence electrons. The van der Waals surface area contributed by atoms with E-state index in [9.17, 15) is 0 Å². The Bertz CT molecular complexity index is 159. The molecule has 1 aliphatic heterocycles. The zero-order valence-electron chi connectivity index (χ0n) is 9.17. The molecule has 4 atom stereocenters.